The lowest BCUT2D eigenvalue weighted by Gasteiger charge is -2.52. The van der Waals surface area contributed by atoms with Crippen LogP contribution in [-0.2, 0) is 18.3 Å². The van der Waals surface area contributed by atoms with E-state index in [1.165, 1.54) is 97.1 Å². The van der Waals surface area contributed by atoms with Gasteiger partial charge < -0.3 is 9.71 Å². The van der Waals surface area contributed by atoms with E-state index in [0.717, 1.165) is 12.8 Å². The molecule has 0 bridgehead atoms. The van der Waals surface area contributed by atoms with Gasteiger partial charge in [0.2, 0.25) is 0 Å². The zero-order chi connectivity index (χ0) is 32.5. The van der Waals surface area contributed by atoms with Gasteiger partial charge in [0.05, 0.1) is 5.69 Å². The van der Waals surface area contributed by atoms with Crippen LogP contribution in [-0.4, -0.2) is 19.4 Å². The summed E-state index contributed by atoms with van der Waals surface area (Å²) in [6, 6.07) is 39.9. The number of rotatable bonds is 7. The molecule has 3 aliphatic rings. The van der Waals surface area contributed by atoms with Crippen molar-refractivity contribution in [1.29, 1.82) is 0 Å². The molecule has 5 aromatic rings. The maximum Gasteiger partial charge on any atom is 0.332 e. The molecule has 47 heavy (non-hydrogen) atoms. The molecule has 3 aliphatic heterocycles. The largest absolute Gasteiger partial charge is 0.375 e. The third-order valence-electron chi connectivity index (χ3n) is 11.2. The number of fused-ring (bicyclic) bond motifs is 6. The van der Waals surface area contributed by atoms with Crippen LogP contribution in [0.15, 0.2) is 113 Å². The molecular formula is C43H47BN2S. The number of benzene rings is 5. The molecule has 5 aromatic carbocycles. The lowest BCUT2D eigenvalue weighted by molar-refractivity contribution is 0.632. The van der Waals surface area contributed by atoms with Gasteiger partial charge in [0.25, 0.3) is 0 Å². The molecule has 2 nitrogen and oxygen atoms in total. The number of para-hydroxylation sites is 5. The van der Waals surface area contributed by atoms with Crippen molar-refractivity contribution in [3.05, 3.63) is 125 Å². The van der Waals surface area contributed by atoms with Crippen LogP contribution in [0.4, 0.5) is 28.4 Å². The summed E-state index contributed by atoms with van der Waals surface area (Å²) in [6.45, 7) is 9.52. The minimum absolute atomic E-state index is 0.0528. The van der Waals surface area contributed by atoms with Gasteiger partial charge in [-0.05, 0) is 95.6 Å². The highest BCUT2D eigenvalue weighted by atomic mass is 32.3. The summed E-state index contributed by atoms with van der Waals surface area (Å²) in [5, 5.41) is 0. The number of unbranched alkanes of at least 4 members (excludes halogenated alkanes) is 2. The second kappa shape index (κ2) is 11.4. The molecule has 0 unspecified atom stereocenters. The Morgan fingerprint density at radius 3 is 1.74 bits per heavy atom. The van der Waals surface area contributed by atoms with Crippen LogP contribution in [0, 0.1) is 0 Å². The van der Waals surface area contributed by atoms with Crippen LogP contribution in [0.2, 0.25) is 0 Å². The van der Waals surface area contributed by atoms with Crippen molar-refractivity contribution in [2.45, 2.75) is 81.4 Å². The number of nitrogens with zero attached hydrogens (tertiary/aromatic N) is 2. The first-order chi connectivity index (χ1) is 22.8. The van der Waals surface area contributed by atoms with E-state index in [-0.39, 0.29) is 12.3 Å². The van der Waals surface area contributed by atoms with E-state index in [1.54, 1.807) is 0 Å². The van der Waals surface area contributed by atoms with E-state index in [4.69, 9.17) is 0 Å². The molecule has 0 aliphatic carbocycles. The fourth-order valence-electron chi connectivity index (χ4n) is 8.75. The van der Waals surface area contributed by atoms with E-state index < -0.39 is 10.0 Å². The SMILES string of the molecule is CCCCc1cccc2c1N(B1c3ccccc3N3c4ccccc4C(C)(C)c4cccc1c43)c1c(CCCC)cccc1S2(C)C. The van der Waals surface area contributed by atoms with Crippen LogP contribution >= 0.6 is 10.0 Å². The predicted molar refractivity (Wildman–Crippen MR) is 206 cm³/mol. The molecular weight excluding hydrogens is 587 g/mol. The Morgan fingerprint density at radius 2 is 1.11 bits per heavy atom. The molecule has 0 aromatic heterocycles. The summed E-state index contributed by atoms with van der Waals surface area (Å²) < 4.78 is 0. The number of anilines is 5. The zero-order valence-corrected chi connectivity index (χ0v) is 29.8. The highest BCUT2D eigenvalue weighted by Gasteiger charge is 2.49. The quantitative estimate of drug-likeness (QED) is 0.164. The predicted octanol–water partition coefficient (Wildman–Crippen LogP) is 10.5. The molecule has 4 heteroatoms. The topological polar surface area (TPSA) is 6.48 Å². The fourth-order valence-corrected chi connectivity index (χ4v) is 11.2. The first-order valence-electron chi connectivity index (χ1n) is 17.7. The second-order valence-electron chi connectivity index (χ2n) is 14.6. The van der Waals surface area contributed by atoms with Gasteiger partial charge in [-0.15, -0.1) is 0 Å². The summed E-state index contributed by atoms with van der Waals surface area (Å²) in [5.74, 6) is 0. The standard InChI is InChI=1S/C43H47BN2S/c1-7-9-18-30-20-15-28-38-40(30)46(41-31(19-10-8-2)21-16-29-39(41)47(38,5)6)44-34-24-12-14-27-37(34)45-36-26-13-11-22-32(36)43(3,4)33-23-17-25-35(44)42(33)45/h11-17,20-29H,7-10,18-19H2,1-6H3. The molecule has 0 atom stereocenters. The normalized spacial score (nSPS) is 16.9. The van der Waals surface area contributed by atoms with Crippen molar-refractivity contribution in [3.63, 3.8) is 0 Å². The highest BCUT2D eigenvalue weighted by Crippen LogP contribution is 2.68. The average molecular weight is 635 g/mol. The summed E-state index contributed by atoms with van der Waals surface area (Å²) in [6.07, 6.45) is 12.1. The third-order valence-corrected chi connectivity index (χ3v) is 14.0. The van der Waals surface area contributed by atoms with E-state index >= 15 is 0 Å². The van der Waals surface area contributed by atoms with Crippen molar-refractivity contribution in [2.24, 2.45) is 0 Å². The Labute approximate surface area is 284 Å². The molecule has 0 fully saturated rings. The van der Waals surface area contributed by atoms with Crippen molar-refractivity contribution in [3.8, 4) is 0 Å². The molecule has 0 saturated heterocycles. The first-order valence-corrected chi connectivity index (χ1v) is 20.1. The Kier molecular flexibility index (Phi) is 7.37. The molecule has 0 radical (unpaired) electrons. The van der Waals surface area contributed by atoms with Gasteiger partial charge in [-0.2, -0.15) is 10.0 Å². The molecule has 0 spiro atoms. The summed E-state index contributed by atoms with van der Waals surface area (Å²) >= 11 is 0. The molecule has 0 N–H and O–H groups in total. The Morgan fingerprint density at radius 1 is 0.574 bits per heavy atom. The molecule has 238 valence electrons. The first kappa shape index (κ1) is 30.4. The van der Waals surface area contributed by atoms with Gasteiger partial charge in [-0.1, -0.05) is 119 Å². The maximum atomic E-state index is 2.85. The number of hydrogen-bond donors (Lipinski definition) is 0. The van der Waals surface area contributed by atoms with E-state index in [2.05, 4.69) is 153 Å². The van der Waals surface area contributed by atoms with Crippen LogP contribution in [0.3, 0.4) is 0 Å². The van der Waals surface area contributed by atoms with Crippen LogP contribution < -0.4 is 20.6 Å². The van der Waals surface area contributed by atoms with Gasteiger partial charge in [-0.3, -0.25) is 0 Å². The monoisotopic (exact) mass is 634 g/mol. The van der Waals surface area contributed by atoms with Crippen LogP contribution in [0.5, 0.6) is 0 Å². The summed E-state index contributed by atoms with van der Waals surface area (Å²) in [7, 11) is -1.25. The van der Waals surface area contributed by atoms with Gasteiger partial charge in [0, 0.05) is 38.0 Å². The van der Waals surface area contributed by atoms with Crippen molar-refractivity contribution in [2.75, 3.05) is 22.2 Å². The lowest BCUT2D eigenvalue weighted by Crippen LogP contribution is -2.61. The smallest absolute Gasteiger partial charge is 0.332 e. The van der Waals surface area contributed by atoms with Gasteiger partial charge in [0.1, 0.15) is 0 Å². The molecule has 0 saturated carbocycles. The molecule has 8 rings (SSSR count). The lowest BCUT2D eigenvalue weighted by atomic mass is 9.45. The second-order valence-corrected chi connectivity index (χ2v) is 18.1. The minimum atomic E-state index is -1.25. The fraction of sp³-hybridized carbons (Fsp3) is 0.302. The Balaban J connectivity index is 1.48. The summed E-state index contributed by atoms with van der Waals surface area (Å²) in [4.78, 5) is 8.49. The van der Waals surface area contributed by atoms with E-state index in [9.17, 15) is 0 Å². The molecule has 0 amide bonds. The number of hydrogen-bond acceptors (Lipinski definition) is 2. The Bertz CT molecular complexity index is 1950. The van der Waals surface area contributed by atoms with Gasteiger partial charge in [0.15, 0.2) is 0 Å². The minimum Gasteiger partial charge on any atom is -0.375 e. The third kappa shape index (κ3) is 4.40. The van der Waals surface area contributed by atoms with Crippen molar-refractivity contribution < 1.29 is 0 Å². The van der Waals surface area contributed by atoms with E-state index in [0.29, 0.717) is 0 Å². The number of aryl methyl sites for hydroxylation is 2. The van der Waals surface area contributed by atoms with Gasteiger partial charge >= 0.3 is 6.85 Å². The van der Waals surface area contributed by atoms with E-state index in [1.807, 2.05) is 0 Å². The van der Waals surface area contributed by atoms with Crippen LogP contribution in [0.25, 0.3) is 0 Å². The van der Waals surface area contributed by atoms with Crippen molar-refractivity contribution >= 4 is 56.2 Å². The highest BCUT2D eigenvalue weighted by molar-refractivity contribution is 8.33. The van der Waals surface area contributed by atoms with Crippen LogP contribution in [0.1, 0.15) is 75.6 Å². The summed E-state index contributed by atoms with van der Waals surface area (Å²) in [5.41, 5.74) is 15.4. The maximum absolute atomic E-state index is 2.85. The Hall–Kier alpha value is -3.89. The molecule has 3 heterocycles. The average Bonchev–Trinajstić information content (AvgIpc) is 3.09. The van der Waals surface area contributed by atoms with Gasteiger partial charge in [-0.25, -0.2) is 0 Å². The van der Waals surface area contributed by atoms with Crippen molar-refractivity contribution in [1.82, 2.24) is 0 Å². The zero-order valence-electron chi connectivity index (χ0n) is 28.9.